The largest absolute Gasteiger partial charge is 0.198 e. The van der Waals surface area contributed by atoms with Crippen molar-refractivity contribution in [3.63, 3.8) is 0 Å². The molecule has 0 bridgehead atoms. The van der Waals surface area contributed by atoms with Gasteiger partial charge < -0.3 is 0 Å². The maximum Gasteiger partial charge on any atom is 0.0689 e. The van der Waals surface area contributed by atoms with Gasteiger partial charge in [0, 0.05) is 0 Å². The molecule has 1 nitrogen and oxygen atoms in total. The van der Waals surface area contributed by atoms with Crippen molar-refractivity contribution in [1.29, 1.82) is 5.26 Å². The Morgan fingerprint density at radius 1 is 0.758 bits per heavy atom. The highest BCUT2D eigenvalue weighted by Crippen LogP contribution is 2.45. The topological polar surface area (TPSA) is 23.8 Å². The van der Waals surface area contributed by atoms with Crippen LogP contribution in [0, 0.1) is 28.6 Å². The Labute approximate surface area is 205 Å². The summed E-state index contributed by atoms with van der Waals surface area (Å²) in [6, 6.07) is 12.4. The van der Waals surface area contributed by atoms with Gasteiger partial charge >= 0.3 is 0 Å². The highest BCUT2D eigenvalue weighted by Gasteiger charge is 2.35. The van der Waals surface area contributed by atoms with Gasteiger partial charge in [0.2, 0.25) is 0 Å². The third-order valence-corrected chi connectivity index (χ3v) is 9.16. The monoisotopic (exact) mass is 449 g/mol. The van der Waals surface area contributed by atoms with Crippen LogP contribution in [0.3, 0.4) is 0 Å². The summed E-state index contributed by atoms with van der Waals surface area (Å²) in [7, 11) is 0. The summed E-state index contributed by atoms with van der Waals surface area (Å²) in [4.78, 5) is 0. The number of nitrogens with zero attached hydrogens (tertiary/aromatic N) is 1. The first kappa shape index (κ1) is 26.3. The molecule has 0 spiro atoms. The van der Waals surface area contributed by atoms with E-state index in [0.29, 0.717) is 5.92 Å². The Morgan fingerprint density at radius 3 is 1.97 bits per heavy atom. The van der Waals surface area contributed by atoms with Crippen molar-refractivity contribution in [3.8, 4) is 6.07 Å². The van der Waals surface area contributed by atoms with E-state index in [1.807, 2.05) is 0 Å². The molecule has 1 heteroatoms. The number of nitriles is 1. The molecule has 2 fully saturated rings. The predicted molar refractivity (Wildman–Crippen MR) is 142 cm³/mol. The van der Waals surface area contributed by atoms with E-state index >= 15 is 0 Å². The average molecular weight is 450 g/mol. The second-order valence-corrected chi connectivity index (χ2v) is 11.6. The normalized spacial score (nSPS) is 27.8. The fourth-order valence-corrected chi connectivity index (χ4v) is 6.62. The van der Waals surface area contributed by atoms with Gasteiger partial charge in [0.15, 0.2) is 0 Å². The molecule has 0 N–H and O–H groups in total. The van der Waals surface area contributed by atoms with Crippen LogP contribution in [-0.4, -0.2) is 0 Å². The third kappa shape index (κ3) is 8.46. The van der Waals surface area contributed by atoms with Crippen molar-refractivity contribution in [2.75, 3.05) is 0 Å². The van der Waals surface area contributed by atoms with Gasteiger partial charge in [0.05, 0.1) is 11.5 Å². The van der Waals surface area contributed by atoms with Crippen molar-refractivity contribution >= 4 is 0 Å². The maximum absolute atomic E-state index is 9.91. The first-order chi connectivity index (χ1) is 16.2. The molecule has 0 unspecified atom stereocenters. The Morgan fingerprint density at radius 2 is 1.36 bits per heavy atom. The molecule has 2 aliphatic carbocycles. The molecule has 184 valence electrons. The summed E-state index contributed by atoms with van der Waals surface area (Å²) in [6.07, 6.45) is 25.0. The molecule has 0 atom stereocenters. The summed E-state index contributed by atoms with van der Waals surface area (Å²) < 4.78 is 0. The Hall–Kier alpha value is -1.29. The van der Waals surface area contributed by atoms with Crippen LogP contribution in [0.5, 0.6) is 0 Å². The number of benzene rings is 1. The molecule has 0 aliphatic heterocycles. The molecule has 0 amide bonds. The minimum Gasteiger partial charge on any atom is -0.198 e. The summed E-state index contributed by atoms with van der Waals surface area (Å²) >= 11 is 0. The van der Waals surface area contributed by atoms with E-state index in [4.69, 9.17) is 0 Å². The van der Waals surface area contributed by atoms with Crippen molar-refractivity contribution < 1.29 is 0 Å². The highest BCUT2D eigenvalue weighted by molar-refractivity contribution is 5.26. The third-order valence-electron chi connectivity index (χ3n) is 9.16. The number of aryl methyl sites for hydroxylation is 1. The zero-order valence-electron chi connectivity index (χ0n) is 21.9. The molecule has 3 rings (SSSR count). The van der Waals surface area contributed by atoms with E-state index in [2.05, 4.69) is 44.2 Å². The molecule has 0 radical (unpaired) electrons. The molecular formula is C32H51N. The van der Waals surface area contributed by atoms with Gasteiger partial charge in [-0.3, -0.25) is 0 Å². The van der Waals surface area contributed by atoms with E-state index in [9.17, 15) is 5.26 Å². The van der Waals surface area contributed by atoms with Gasteiger partial charge in [-0.1, -0.05) is 115 Å². The van der Waals surface area contributed by atoms with Gasteiger partial charge in [-0.05, 0) is 73.8 Å². The standard InChI is InChI=1S/C32H51N/c1-3-5-7-8-9-23-32(26-33)24-21-31(22-25-32)30-19-17-29(18-20-30)16-15-28-13-11-27(12-14-28)10-6-4-2/h17-20,27-28,31H,3-16,21-25H2,1-2H3/t27-,28-,31?,32?. The van der Waals surface area contributed by atoms with Crippen LogP contribution in [0.25, 0.3) is 0 Å². The maximum atomic E-state index is 9.91. The first-order valence-corrected chi connectivity index (χ1v) is 14.7. The van der Waals surface area contributed by atoms with E-state index in [1.54, 1.807) is 0 Å². The fraction of sp³-hybridized carbons (Fsp3) is 0.781. The molecular weight excluding hydrogens is 398 g/mol. The van der Waals surface area contributed by atoms with Crippen LogP contribution < -0.4 is 0 Å². The van der Waals surface area contributed by atoms with Gasteiger partial charge in [-0.2, -0.15) is 5.26 Å². The first-order valence-electron chi connectivity index (χ1n) is 14.7. The van der Waals surface area contributed by atoms with Gasteiger partial charge in [0.1, 0.15) is 0 Å². The second-order valence-electron chi connectivity index (χ2n) is 11.6. The summed E-state index contributed by atoms with van der Waals surface area (Å²) in [5.41, 5.74) is 3.02. The van der Waals surface area contributed by atoms with Crippen LogP contribution in [0.15, 0.2) is 24.3 Å². The van der Waals surface area contributed by atoms with Crippen molar-refractivity contribution in [3.05, 3.63) is 35.4 Å². The minimum absolute atomic E-state index is 0.0296. The number of unbranched alkanes of at least 4 members (excludes halogenated alkanes) is 5. The molecule has 0 heterocycles. The SMILES string of the molecule is CCCCCCCC1(C#N)CCC(c2ccc(CC[C@H]3CC[C@H](CCCC)CC3)cc2)CC1. The zero-order valence-corrected chi connectivity index (χ0v) is 21.9. The molecule has 0 saturated heterocycles. The minimum atomic E-state index is -0.0296. The Bertz CT molecular complexity index is 680. The molecule has 1 aromatic rings. The van der Waals surface area contributed by atoms with Crippen molar-refractivity contribution in [2.24, 2.45) is 17.3 Å². The Kier molecular flexibility index (Phi) is 11.3. The van der Waals surface area contributed by atoms with Crippen LogP contribution in [0.2, 0.25) is 0 Å². The fourth-order valence-electron chi connectivity index (χ4n) is 6.62. The highest BCUT2D eigenvalue weighted by atomic mass is 14.4. The van der Waals surface area contributed by atoms with E-state index in [-0.39, 0.29) is 5.41 Å². The Balaban J connectivity index is 1.38. The summed E-state index contributed by atoms with van der Waals surface area (Å²) in [5.74, 6) is 2.65. The lowest BCUT2D eigenvalue weighted by molar-refractivity contribution is 0.223. The summed E-state index contributed by atoms with van der Waals surface area (Å²) in [6.45, 7) is 4.59. The predicted octanol–water partition coefficient (Wildman–Crippen LogP) is 10.1. The van der Waals surface area contributed by atoms with Crippen LogP contribution in [0.1, 0.15) is 146 Å². The lowest BCUT2D eigenvalue weighted by Gasteiger charge is -2.35. The van der Waals surface area contributed by atoms with Crippen molar-refractivity contribution in [2.45, 2.75) is 142 Å². The number of hydrogen-bond donors (Lipinski definition) is 0. The summed E-state index contributed by atoms with van der Waals surface area (Å²) in [5, 5.41) is 9.91. The van der Waals surface area contributed by atoms with Gasteiger partial charge in [-0.15, -0.1) is 0 Å². The molecule has 2 saturated carbocycles. The lowest BCUT2D eigenvalue weighted by atomic mass is 9.67. The van der Waals surface area contributed by atoms with Gasteiger partial charge in [-0.25, -0.2) is 0 Å². The molecule has 33 heavy (non-hydrogen) atoms. The lowest BCUT2D eigenvalue weighted by Crippen LogP contribution is -2.25. The molecule has 1 aromatic carbocycles. The van der Waals surface area contributed by atoms with Gasteiger partial charge in [0.25, 0.3) is 0 Å². The second kappa shape index (κ2) is 14.2. The molecule has 0 aromatic heterocycles. The average Bonchev–Trinajstić information content (AvgIpc) is 2.87. The zero-order chi connectivity index (χ0) is 23.4. The van der Waals surface area contributed by atoms with Crippen LogP contribution >= 0.6 is 0 Å². The number of rotatable bonds is 13. The smallest absolute Gasteiger partial charge is 0.0689 e. The van der Waals surface area contributed by atoms with Crippen molar-refractivity contribution in [1.82, 2.24) is 0 Å². The van der Waals surface area contributed by atoms with E-state index in [1.165, 1.54) is 114 Å². The van der Waals surface area contributed by atoms with E-state index < -0.39 is 0 Å². The van der Waals surface area contributed by atoms with Crippen LogP contribution in [0.4, 0.5) is 0 Å². The quantitative estimate of drug-likeness (QED) is 0.275. The number of hydrogen-bond acceptors (Lipinski definition) is 1. The van der Waals surface area contributed by atoms with E-state index in [0.717, 1.165) is 31.1 Å². The molecule has 2 aliphatic rings. The van der Waals surface area contributed by atoms with Crippen LogP contribution in [-0.2, 0) is 6.42 Å².